The fourth-order valence-electron chi connectivity index (χ4n) is 2.15. The minimum Gasteiger partial charge on any atom is -0.389 e. The van der Waals surface area contributed by atoms with E-state index in [0.29, 0.717) is 19.2 Å². The standard InChI is InChI=1S/C13H27NO2/c1-11(2)16-10-13(15)9-14-12-7-5-3-4-6-8-12/h11-15H,3-10H2,1-2H3. The van der Waals surface area contributed by atoms with Gasteiger partial charge in [-0.05, 0) is 26.7 Å². The van der Waals surface area contributed by atoms with E-state index in [1.807, 2.05) is 13.8 Å². The van der Waals surface area contributed by atoms with Crippen LogP contribution in [0.2, 0.25) is 0 Å². The summed E-state index contributed by atoms with van der Waals surface area (Å²) in [5.74, 6) is 0. The summed E-state index contributed by atoms with van der Waals surface area (Å²) in [7, 11) is 0. The van der Waals surface area contributed by atoms with Crippen molar-refractivity contribution in [2.75, 3.05) is 13.2 Å². The monoisotopic (exact) mass is 229 g/mol. The van der Waals surface area contributed by atoms with Gasteiger partial charge in [0.2, 0.25) is 0 Å². The van der Waals surface area contributed by atoms with Crippen molar-refractivity contribution in [3.05, 3.63) is 0 Å². The third-order valence-electron chi connectivity index (χ3n) is 3.12. The number of aliphatic hydroxyl groups excluding tert-OH is 1. The van der Waals surface area contributed by atoms with Gasteiger partial charge in [0.1, 0.15) is 0 Å². The zero-order valence-corrected chi connectivity index (χ0v) is 10.7. The topological polar surface area (TPSA) is 41.5 Å². The van der Waals surface area contributed by atoms with Crippen LogP contribution in [0, 0.1) is 0 Å². The van der Waals surface area contributed by atoms with E-state index in [9.17, 15) is 5.11 Å². The second-order valence-corrected chi connectivity index (χ2v) is 5.13. The lowest BCUT2D eigenvalue weighted by Crippen LogP contribution is -2.37. The van der Waals surface area contributed by atoms with Gasteiger partial charge in [-0.3, -0.25) is 0 Å². The number of hydrogen-bond acceptors (Lipinski definition) is 3. The molecule has 0 saturated heterocycles. The van der Waals surface area contributed by atoms with E-state index < -0.39 is 0 Å². The van der Waals surface area contributed by atoms with Gasteiger partial charge in [0.25, 0.3) is 0 Å². The molecule has 1 aliphatic rings. The average molecular weight is 229 g/mol. The van der Waals surface area contributed by atoms with Crippen molar-refractivity contribution in [3.8, 4) is 0 Å². The molecule has 3 heteroatoms. The smallest absolute Gasteiger partial charge is 0.0897 e. The Labute approximate surface area is 99.6 Å². The van der Waals surface area contributed by atoms with Gasteiger partial charge in [-0.2, -0.15) is 0 Å². The number of ether oxygens (including phenoxy) is 1. The largest absolute Gasteiger partial charge is 0.389 e. The lowest BCUT2D eigenvalue weighted by molar-refractivity contribution is 0.00529. The van der Waals surface area contributed by atoms with Crippen LogP contribution in [0.4, 0.5) is 0 Å². The van der Waals surface area contributed by atoms with Crippen LogP contribution in [0.3, 0.4) is 0 Å². The van der Waals surface area contributed by atoms with Crippen molar-refractivity contribution >= 4 is 0 Å². The third kappa shape index (κ3) is 6.46. The Bertz CT molecular complexity index is 165. The van der Waals surface area contributed by atoms with Crippen LogP contribution in [0.5, 0.6) is 0 Å². The first-order valence-electron chi connectivity index (χ1n) is 6.71. The summed E-state index contributed by atoms with van der Waals surface area (Å²) in [6, 6.07) is 0.608. The van der Waals surface area contributed by atoms with E-state index in [1.54, 1.807) is 0 Å². The minimum atomic E-state index is -0.370. The zero-order valence-electron chi connectivity index (χ0n) is 10.7. The van der Waals surface area contributed by atoms with Crippen molar-refractivity contribution in [2.24, 2.45) is 0 Å². The number of aliphatic hydroxyl groups is 1. The van der Waals surface area contributed by atoms with Crippen LogP contribution >= 0.6 is 0 Å². The van der Waals surface area contributed by atoms with Crippen molar-refractivity contribution < 1.29 is 9.84 Å². The van der Waals surface area contributed by atoms with Gasteiger partial charge in [-0.1, -0.05) is 25.7 Å². The van der Waals surface area contributed by atoms with Crippen LogP contribution < -0.4 is 5.32 Å². The molecule has 0 aliphatic heterocycles. The molecule has 1 rings (SSSR count). The van der Waals surface area contributed by atoms with Gasteiger partial charge in [-0.25, -0.2) is 0 Å². The quantitative estimate of drug-likeness (QED) is 0.685. The highest BCUT2D eigenvalue weighted by Gasteiger charge is 2.13. The number of nitrogens with one attached hydrogen (secondary N) is 1. The summed E-state index contributed by atoms with van der Waals surface area (Å²) < 4.78 is 5.38. The first-order chi connectivity index (χ1) is 7.68. The maximum atomic E-state index is 9.71. The molecule has 0 heterocycles. The van der Waals surface area contributed by atoms with Crippen LogP contribution in [0.25, 0.3) is 0 Å². The molecule has 96 valence electrons. The molecule has 0 amide bonds. The molecule has 0 aromatic rings. The third-order valence-corrected chi connectivity index (χ3v) is 3.12. The normalized spacial score (nSPS) is 21.0. The van der Waals surface area contributed by atoms with E-state index in [-0.39, 0.29) is 12.2 Å². The second-order valence-electron chi connectivity index (χ2n) is 5.13. The Hall–Kier alpha value is -0.120. The molecule has 0 bridgehead atoms. The van der Waals surface area contributed by atoms with Crippen molar-refractivity contribution in [2.45, 2.75) is 70.6 Å². The van der Waals surface area contributed by atoms with Gasteiger partial charge in [0, 0.05) is 12.6 Å². The molecule has 0 radical (unpaired) electrons. The average Bonchev–Trinajstić information content (AvgIpc) is 2.51. The lowest BCUT2D eigenvalue weighted by atomic mass is 10.1. The van der Waals surface area contributed by atoms with E-state index in [0.717, 1.165) is 0 Å². The fraction of sp³-hybridized carbons (Fsp3) is 1.00. The van der Waals surface area contributed by atoms with E-state index in [2.05, 4.69) is 5.32 Å². The van der Waals surface area contributed by atoms with Crippen molar-refractivity contribution in [1.29, 1.82) is 0 Å². The van der Waals surface area contributed by atoms with Gasteiger partial charge >= 0.3 is 0 Å². The number of hydrogen-bond donors (Lipinski definition) is 2. The molecule has 0 aromatic carbocycles. The minimum absolute atomic E-state index is 0.201. The van der Waals surface area contributed by atoms with Crippen LogP contribution in [-0.2, 0) is 4.74 Å². The van der Waals surface area contributed by atoms with Crippen molar-refractivity contribution in [3.63, 3.8) is 0 Å². The maximum Gasteiger partial charge on any atom is 0.0897 e. The molecule has 1 atom stereocenters. The van der Waals surface area contributed by atoms with Gasteiger partial charge in [0.05, 0.1) is 18.8 Å². The molecule has 1 fully saturated rings. The zero-order chi connectivity index (χ0) is 11.8. The Kier molecular flexibility index (Phi) is 7.01. The summed E-state index contributed by atoms with van der Waals surface area (Å²) >= 11 is 0. The maximum absolute atomic E-state index is 9.71. The highest BCUT2D eigenvalue weighted by Crippen LogP contribution is 2.16. The molecule has 0 aromatic heterocycles. The molecular weight excluding hydrogens is 202 g/mol. The molecule has 1 aliphatic carbocycles. The van der Waals surface area contributed by atoms with Gasteiger partial charge < -0.3 is 15.2 Å². The second kappa shape index (κ2) is 8.04. The van der Waals surface area contributed by atoms with E-state index in [4.69, 9.17) is 4.74 Å². The van der Waals surface area contributed by atoms with Gasteiger partial charge in [-0.15, -0.1) is 0 Å². The molecular formula is C13H27NO2. The van der Waals surface area contributed by atoms with Gasteiger partial charge in [0.15, 0.2) is 0 Å². The Morgan fingerprint density at radius 2 is 1.81 bits per heavy atom. The summed E-state index contributed by atoms with van der Waals surface area (Å²) in [6.07, 6.45) is 7.76. The van der Waals surface area contributed by atoms with E-state index in [1.165, 1.54) is 38.5 Å². The summed E-state index contributed by atoms with van der Waals surface area (Å²) in [5, 5.41) is 13.2. The molecule has 2 N–H and O–H groups in total. The molecule has 0 spiro atoms. The first kappa shape index (κ1) is 13.9. The molecule has 3 nitrogen and oxygen atoms in total. The Balaban J connectivity index is 2.07. The number of rotatable bonds is 6. The highest BCUT2D eigenvalue weighted by atomic mass is 16.5. The summed E-state index contributed by atoms with van der Waals surface area (Å²) in [6.45, 7) is 5.09. The summed E-state index contributed by atoms with van der Waals surface area (Å²) in [5.41, 5.74) is 0. The predicted molar refractivity (Wildman–Crippen MR) is 66.6 cm³/mol. The summed E-state index contributed by atoms with van der Waals surface area (Å²) in [4.78, 5) is 0. The Morgan fingerprint density at radius 1 is 1.19 bits per heavy atom. The SMILES string of the molecule is CC(C)OCC(O)CNC1CCCCCC1. The van der Waals surface area contributed by atoms with Crippen molar-refractivity contribution in [1.82, 2.24) is 5.32 Å². The predicted octanol–water partition coefficient (Wildman–Crippen LogP) is 2.08. The molecule has 1 unspecified atom stereocenters. The van der Waals surface area contributed by atoms with E-state index >= 15 is 0 Å². The fourth-order valence-corrected chi connectivity index (χ4v) is 2.15. The van der Waals surface area contributed by atoms with Crippen LogP contribution in [-0.4, -0.2) is 36.5 Å². The first-order valence-corrected chi connectivity index (χ1v) is 6.71. The molecule has 1 saturated carbocycles. The van der Waals surface area contributed by atoms with Crippen LogP contribution in [0.15, 0.2) is 0 Å². The molecule has 16 heavy (non-hydrogen) atoms. The highest BCUT2D eigenvalue weighted by molar-refractivity contribution is 4.72. The van der Waals surface area contributed by atoms with Crippen LogP contribution in [0.1, 0.15) is 52.4 Å². The lowest BCUT2D eigenvalue weighted by Gasteiger charge is -2.19. The Morgan fingerprint density at radius 3 is 2.38 bits per heavy atom.